The normalized spacial score (nSPS) is 10.8. The number of hydrazone groups is 1. The summed E-state index contributed by atoms with van der Waals surface area (Å²) in [7, 11) is 0. The highest BCUT2D eigenvalue weighted by Gasteiger charge is 2.14. The molecule has 1 aromatic heterocycles. The number of benzene rings is 1. The van der Waals surface area contributed by atoms with Crippen molar-refractivity contribution in [3.63, 3.8) is 0 Å². The first-order valence-electron chi connectivity index (χ1n) is 5.95. The zero-order chi connectivity index (χ0) is 13.7. The number of oxazole rings is 1. The van der Waals surface area contributed by atoms with Crippen molar-refractivity contribution in [2.75, 3.05) is 5.43 Å². The second-order valence-corrected chi connectivity index (χ2v) is 4.28. The molecule has 0 aliphatic heterocycles. The number of anilines is 1. The Hall–Kier alpha value is -2.61. The first-order chi connectivity index (χ1) is 9.20. The number of rotatable bonds is 4. The van der Waals surface area contributed by atoms with Gasteiger partial charge in [-0.3, -0.25) is 0 Å². The Morgan fingerprint density at radius 1 is 1.37 bits per heavy atom. The fraction of sp³-hybridized carbons (Fsp3) is 0.214. The molecule has 0 unspecified atom stereocenters. The molecule has 1 N–H and O–H groups in total. The van der Waals surface area contributed by atoms with Crippen molar-refractivity contribution in [2.45, 2.75) is 19.8 Å². The summed E-state index contributed by atoms with van der Waals surface area (Å²) >= 11 is 0. The first-order valence-corrected chi connectivity index (χ1v) is 5.95. The standard InChI is InChI=1S/C14H14N4O/c1-10(2)13-17-12(8-15)14(19-13)18-16-9-11-6-4-3-5-7-11/h3-7,9-10,18H,1-2H3. The summed E-state index contributed by atoms with van der Waals surface area (Å²) in [5, 5.41) is 13.0. The minimum Gasteiger partial charge on any atom is -0.422 e. The van der Waals surface area contributed by atoms with E-state index >= 15 is 0 Å². The quantitative estimate of drug-likeness (QED) is 0.672. The smallest absolute Gasteiger partial charge is 0.252 e. The van der Waals surface area contributed by atoms with Crippen molar-refractivity contribution in [2.24, 2.45) is 5.10 Å². The zero-order valence-electron chi connectivity index (χ0n) is 10.8. The highest BCUT2D eigenvalue weighted by Crippen LogP contribution is 2.21. The molecule has 0 bridgehead atoms. The van der Waals surface area contributed by atoms with Crippen molar-refractivity contribution in [3.05, 3.63) is 47.5 Å². The summed E-state index contributed by atoms with van der Waals surface area (Å²) in [6.07, 6.45) is 1.65. The van der Waals surface area contributed by atoms with Crippen LogP contribution in [0.15, 0.2) is 39.9 Å². The molecule has 0 radical (unpaired) electrons. The zero-order valence-corrected chi connectivity index (χ0v) is 10.8. The van der Waals surface area contributed by atoms with Crippen molar-refractivity contribution < 1.29 is 4.42 Å². The van der Waals surface area contributed by atoms with Gasteiger partial charge in [-0.1, -0.05) is 44.2 Å². The lowest BCUT2D eigenvalue weighted by molar-refractivity contribution is 0.481. The van der Waals surface area contributed by atoms with Gasteiger partial charge in [0.1, 0.15) is 6.07 Å². The van der Waals surface area contributed by atoms with Gasteiger partial charge in [0.2, 0.25) is 11.6 Å². The molecule has 5 heteroatoms. The van der Waals surface area contributed by atoms with Crippen molar-refractivity contribution in [3.8, 4) is 6.07 Å². The van der Waals surface area contributed by atoms with Gasteiger partial charge in [0.25, 0.3) is 5.88 Å². The molecule has 19 heavy (non-hydrogen) atoms. The van der Waals surface area contributed by atoms with E-state index in [2.05, 4.69) is 15.5 Å². The molecule has 96 valence electrons. The predicted molar refractivity (Wildman–Crippen MR) is 73.0 cm³/mol. The molecule has 2 rings (SSSR count). The van der Waals surface area contributed by atoms with Crippen LogP contribution in [-0.2, 0) is 0 Å². The van der Waals surface area contributed by atoms with Crippen LogP contribution >= 0.6 is 0 Å². The van der Waals surface area contributed by atoms with E-state index in [0.29, 0.717) is 5.89 Å². The molecule has 2 aromatic rings. The molecule has 0 atom stereocenters. The molecule has 0 aliphatic rings. The number of nitrogens with zero attached hydrogens (tertiary/aromatic N) is 3. The number of nitriles is 1. The molecule has 1 heterocycles. The van der Waals surface area contributed by atoms with Gasteiger partial charge < -0.3 is 4.42 Å². The molecular formula is C14H14N4O. The Morgan fingerprint density at radius 3 is 2.74 bits per heavy atom. The van der Waals surface area contributed by atoms with Crippen molar-refractivity contribution >= 4 is 12.1 Å². The van der Waals surface area contributed by atoms with Crippen LogP contribution in [0.2, 0.25) is 0 Å². The Balaban J connectivity index is 2.11. The second-order valence-electron chi connectivity index (χ2n) is 4.28. The topological polar surface area (TPSA) is 74.2 Å². The van der Waals surface area contributed by atoms with Crippen LogP contribution in [0.5, 0.6) is 0 Å². The molecule has 0 fully saturated rings. The number of aromatic nitrogens is 1. The summed E-state index contributed by atoms with van der Waals surface area (Å²) in [6, 6.07) is 11.6. The van der Waals surface area contributed by atoms with Crippen molar-refractivity contribution in [1.82, 2.24) is 4.98 Å². The molecule has 5 nitrogen and oxygen atoms in total. The number of nitrogens with one attached hydrogen (secondary N) is 1. The molecule has 0 spiro atoms. The summed E-state index contributed by atoms with van der Waals surface area (Å²) in [5.41, 5.74) is 3.88. The van der Waals surface area contributed by atoms with E-state index in [9.17, 15) is 0 Å². The SMILES string of the molecule is CC(C)c1nc(C#N)c(NN=Cc2ccccc2)o1. The number of hydrogen-bond donors (Lipinski definition) is 1. The molecular weight excluding hydrogens is 240 g/mol. The van der Waals surface area contributed by atoms with Crippen LogP contribution < -0.4 is 5.43 Å². The van der Waals surface area contributed by atoms with E-state index in [-0.39, 0.29) is 17.5 Å². The van der Waals surface area contributed by atoms with Crippen LogP contribution in [0.25, 0.3) is 0 Å². The van der Waals surface area contributed by atoms with Crippen LogP contribution in [0.1, 0.15) is 36.9 Å². The van der Waals surface area contributed by atoms with Gasteiger partial charge in [0.05, 0.1) is 6.21 Å². The number of hydrogen-bond acceptors (Lipinski definition) is 5. The first kappa shape index (κ1) is 12.8. The lowest BCUT2D eigenvalue weighted by Crippen LogP contribution is -1.91. The van der Waals surface area contributed by atoms with E-state index in [0.717, 1.165) is 5.56 Å². The van der Waals surface area contributed by atoms with Gasteiger partial charge in [-0.2, -0.15) is 10.4 Å². The maximum absolute atomic E-state index is 8.97. The lowest BCUT2D eigenvalue weighted by Gasteiger charge is -1.96. The summed E-state index contributed by atoms with van der Waals surface area (Å²) in [6.45, 7) is 3.90. The van der Waals surface area contributed by atoms with E-state index in [1.165, 1.54) is 0 Å². The highest BCUT2D eigenvalue weighted by molar-refractivity contribution is 5.79. The Kier molecular flexibility index (Phi) is 3.94. The van der Waals surface area contributed by atoms with Gasteiger partial charge in [0, 0.05) is 5.92 Å². The Morgan fingerprint density at radius 2 is 2.11 bits per heavy atom. The summed E-state index contributed by atoms with van der Waals surface area (Å²) in [5.74, 6) is 0.924. The monoisotopic (exact) mass is 254 g/mol. The molecule has 1 aromatic carbocycles. The highest BCUT2D eigenvalue weighted by atomic mass is 16.4. The Bertz CT molecular complexity index is 608. The fourth-order valence-corrected chi connectivity index (χ4v) is 1.44. The molecule has 0 amide bonds. The van der Waals surface area contributed by atoms with Gasteiger partial charge in [0.15, 0.2) is 0 Å². The van der Waals surface area contributed by atoms with Crippen LogP contribution in [0.3, 0.4) is 0 Å². The third kappa shape index (κ3) is 3.19. The van der Waals surface area contributed by atoms with Crippen LogP contribution in [0.4, 0.5) is 5.88 Å². The largest absolute Gasteiger partial charge is 0.422 e. The van der Waals surface area contributed by atoms with Gasteiger partial charge in [-0.15, -0.1) is 0 Å². The van der Waals surface area contributed by atoms with E-state index < -0.39 is 0 Å². The minimum absolute atomic E-state index is 0.126. The predicted octanol–water partition coefficient (Wildman–Crippen LogP) is 3.12. The van der Waals surface area contributed by atoms with E-state index in [1.54, 1.807) is 6.21 Å². The summed E-state index contributed by atoms with van der Waals surface area (Å²) < 4.78 is 5.45. The average Bonchev–Trinajstić information content (AvgIpc) is 2.83. The van der Waals surface area contributed by atoms with Gasteiger partial charge >= 0.3 is 0 Å². The third-order valence-electron chi connectivity index (χ3n) is 2.42. The Labute approximate surface area is 111 Å². The maximum atomic E-state index is 8.97. The van der Waals surface area contributed by atoms with Crippen LogP contribution in [0, 0.1) is 11.3 Å². The molecule has 0 aliphatic carbocycles. The van der Waals surface area contributed by atoms with Gasteiger partial charge in [-0.05, 0) is 5.56 Å². The third-order valence-corrected chi connectivity index (χ3v) is 2.42. The minimum atomic E-state index is 0.126. The average molecular weight is 254 g/mol. The van der Waals surface area contributed by atoms with E-state index in [1.807, 2.05) is 50.2 Å². The lowest BCUT2D eigenvalue weighted by atomic mass is 10.2. The van der Waals surface area contributed by atoms with Crippen LogP contribution in [-0.4, -0.2) is 11.2 Å². The van der Waals surface area contributed by atoms with Crippen molar-refractivity contribution in [1.29, 1.82) is 5.26 Å². The van der Waals surface area contributed by atoms with E-state index in [4.69, 9.17) is 9.68 Å². The molecule has 0 saturated carbocycles. The van der Waals surface area contributed by atoms with Gasteiger partial charge in [-0.25, -0.2) is 10.4 Å². The molecule has 0 saturated heterocycles. The maximum Gasteiger partial charge on any atom is 0.252 e. The second kappa shape index (κ2) is 5.83. The fourth-order valence-electron chi connectivity index (χ4n) is 1.44. The summed E-state index contributed by atoms with van der Waals surface area (Å²) in [4.78, 5) is 4.09.